The molecule has 0 saturated carbocycles. The highest BCUT2D eigenvalue weighted by atomic mass is 16.5. The molecule has 0 radical (unpaired) electrons. The van der Waals surface area contributed by atoms with E-state index in [-0.39, 0.29) is 11.7 Å². The summed E-state index contributed by atoms with van der Waals surface area (Å²) in [6.07, 6.45) is 0.380. The number of hydrogen-bond donors (Lipinski definition) is 2. The van der Waals surface area contributed by atoms with Crippen molar-refractivity contribution in [3.63, 3.8) is 0 Å². The molecule has 0 aliphatic rings. The van der Waals surface area contributed by atoms with E-state index < -0.39 is 23.8 Å². The van der Waals surface area contributed by atoms with E-state index >= 15 is 0 Å². The summed E-state index contributed by atoms with van der Waals surface area (Å²) >= 11 is 0. The first-order valence-electron chi connectivity index (χ1n) is 6.46. The molecule has 1 rings (SSSR count). The summed E-state index contributed by atoms with van der Waals surface area (Å²) in [4.78, 5) is 22.8. The van der Waals surface area contributed by atoms with Crippen molar-refractivity contribution in [1.29, 1.82) is 0 Å². The van der Waals surface area contributed by atoms with E-state index in [1.807, 2.05) is 6.92 Å². The van der Waals surface area contributed by atoms with Crippen LogP contribution in [-0.2, 0) is 14.3 Å². The molecule has 0 aliphatic carbocycles. The van der Waals surface area contributed by atoms with E-state index in [1.54, 1.807) is 24.3 Å². The second-order valence-corrected chi connectivity index (χ2v) is 4.98. The number of rotatable bonds is 6. The lowest BCUT2D eigenvalue weighted by molar-refractivity contribution is -0.155. The molecule has 5 heteroatoms. The Balaban J connectivity index is 2.86. The number of aromatic hydroxyl groups is 1. The highest BCUT2D eigenvalue weighted by molar-refractivity contribution is 5.80. The standard InChI is InChI=1S/C15H20O5/c1-9(11-4-6-12(16)7-5-11)8-13(15(19)20-3)10(2)14(17)18/h4-7,9-10,13,16H,8H2,1-3H3,(H,17,18). The molecule has 3 atom stereocenters. The maximum absolute atomic E-state index is 11.8. The third kappa shape index (κ3) is 3.98. The average Bonchev–Trinajstić information content (AvgIpc) is 2.43. The number of phenols is 1. The molecule has 1 aromatic carbocycles. The zero-order valence-electron chi connectivity index (χ0n) is 11.9. The van der Waals surface area contributed by atoms with Gasteiger partial charge in [0.15, 0.2) is 0 Å². The van der Waals surface area contributed by atoms with Crippen LogP contribution in [0.4, 0.5) is 0 Å². The Labute approximate surface area is 118 Å². The minimum absolute atomic E-state index is 0.0125. The molecule has 0 spiro atoms. The monoisotopic (exact) mass is 280 g/mol. The van der Waals surface area contributed by atoms with Crippen molar-refractivity contribution in [2.45, 2.75) is 26.2 Å². The number of ether oxygens (including phenoxy) is 1. The molecule has 1 aromatic rings. The number of carbonyl (C=O) groups excluding carboxylic acids is 1. The first-order chi connectivity index (χ1) is 9.36. The fourth-order valence-electron chi connectivity index (χ4n) is 2.15. The van der Waals surface area contributed by atoms with Gasteiger partial charge >= 0.3 is 11.9 Å². The Hall–Kier alpha value is -2.04. The molecular formula is C15H20O5. The van der Waals surface area contributed by atoms with E-state index in [1.165, 1.54) is 14.0 Å². The van der Waals surface area contributed by atoms with Crippen molar-refractivity contribution in [1.82, 2.24) is 0 Å². The molecule has 0 fully saturated rings. The van der Waals surface area contributed by atoms with Crippen molar-refractivity contribution in [2.75, 3.05) is 7.11 Å². The van der Waals surface area contributed by atoms with Crippen LogP contribution < -0.4 is 0 Å². The second kappa shape index (κ2) is 6.93. The Bertz CT molecular complexity index is 466. The Morgan fingerprint density at radius 3 is 2.20 bits per heavy atom. The summed E-state index contributed by atoms with van der Waals surface area (Å²) in [5.41, 5.74) is 0.939. The van der Waals surface area contributed by atoms with Crippen LogP contribution in [0.25, 0.3) is 0 Å². The molecule has 0 heterocycles. The van der Waals surface area contributed by atoms with Gasteiger partial charge in [0.05, 0.1) is 18.9 Å². The lowest BCUT2D eigenvalue weighted by atomic mass is 9.83. The molecule has 0 amide bonds. The number of carboxylic acids is 1. The van der Waals surface area contributed by atoms with Crippen molar-refractivity contribution in [3.05, 3.63) is 29.8 Å². The van der Waals surface area contributed by atoms with Crippen molar-refractivity contribution < 1.29 is 24.5 Å². The van der Waals surface area contributed by atoms with Crippen LogP contribution in [0.2, 0.25) is 0 Å². The third-order valence-electron chi connectivity index (χ3n) is 3.57. The van der Waals surface area contributed by atoms with Gasteiger partial charge in [-0.25, -0.2) is 0 Å². The van der Waals surface area contributed by atoms with Gasteiger partial charge in [0, 0.05) is 0 Å². The van der Waals surface area contributed by atoms with Gasteiger partial charge in [-0.1, -0.05) is 26.0 Å². The van der Waals surface area contributed by atoms with Crippen molar-refractivity contribution in [2.24, 2.45) is 11.8 Å². The van der Waals surface area contributed by atoms with Gasteiger partial charge in [-0.05, 0) is 30.0 Å². The van der Waals surface area contributed by atoms with E-state index in [9.17, 15) is 14.7 Å². The molecule has 0 saturated heterocycles. The normalized spacial score (nSPS) is 15.2. The van der Waals surface area contributed by atoms with Crippen LogP contribution in [-0.4, -0.2) is 29.3 Å². The number of phenolic OH excluding ortho intramolecular Hbond substituents is 1. The maximum atomic E-state index is 11.8. The molecule has 3 unspecified atom stereocenters. The Kier molecular flexibility index (Phi) is 5.55. The number of aliphatic carboxylic acids is 1. The molecule has 2 N–H and O–H groups in total. The molecule has 5 nitrogen and oxygen atoms in total. The molecule has 0 aromatic heterocycles. The first-order valence-corrected chi connectivity index (χ1v) is 6.46. The van der Waals surface area contributed by atoms with Gasteiger partial charge in [0.2, 0.25) is 0 Å². The van der Waals surface area contributed by atoms with Gasteiger partial charge < -0.3 is 14.9 Å². The molecule has 110 valence electrons. The van der Waals surface area contributed by atoms with Crippen LogP contribution in [0.15, 0.2) is 24.3 Å². The molecule has 0 aliphatic heterocycles. The zero-order valence-corrected chi connectivity index (χ0v) is 11.9. The van der Waals surface area contributed by atoms with Crippen LogP contribution in [0, 0.1) is 11.8 Å². The fraction of sp³-hybridized carbons (Fsp3) is 0.467. The van der Waals surface area contributed by atoms with Crippen molar-refractivity contribution >= 4 is 11.9 Å². The maximum Gasteiger partial charge on any atom is 0.309 e. The SMILES string of the molecule is COC(=O)C(CC(C)c1ccc(O)cc1)C(C)C(=O)O. The van der Waals surface area contributed by atoms with Crippen molar-refractivity contribution in [3.8, 4) is 5.75 Å². The highest BCUT2D eigenvalue weighted by Gasteiger charge is 2.32. The number of esters is 1. The minimum Gasteiger partial charge on any atom is -0.508 e. The zero-order chi connectivity index (χ0) is 15.3. The Morgan fingerprint density at radius 1 is 1.20 bits per heavy atom. The molecule has 0 bridgehead atoms. The van der Waals surface area contributed by atoms with Crippen LogP contribution in [0.1, 0.15) is 31.7 Å². The third-order valence-corrected chi connectivity index (χ3v) is 3.57. The van der Waals surface area contributed by atoms with E-state index in [2.05, 4.69) is 0 Å². The summed E-state index contributed by atoms with van der Waals surface area (Å²) in [5.74, 6) is -2.86. The minimum atomic E-state index is -1.02. The van der Waals surface area contributed by atoms with Gasteiger partial charge in [0.1, 0.15) is 5.75 Å². The quantitative estimate of drug-likeness (QED) is 0.782. The molecule has 20 heavy (non-hydrogen) atoms. The number of carbonyl (C=O) groups is 2. The molecular weight excluding hydrogens is 260 g/mol. The first kappa shape index (κ1) is 16.0. The summed E-state index contributed by atoms with van der Waals surface area (Å²) in [7, 11) is 1.26. The summed E-state index contributed by atoms with van der Waals surface area (Å²) in [6, 6.07) is 6.67. The van der Waals surface area contributed by atoms with Gasteiger partial charge in [-0.2, -0.15) is 0 Å². The number of carboxylic acid groups (broad SMARTS) is 1. The summed E-state index contributed by atoms with van der Waals surface area (Å²) in [6.45, 7) is 3.42. The predicted octanol–water partition coefficient (Wildman–Crippen LogP) is 2.40. The van der Waals surface area contributed by atoms with Crippen LogP contribution in [0.3, 0.4) is 0 Å². The van der Waals surface area contributed by atoms with Crippen LogP contribution >= 0.6 is 0 Å². The fourth-order valence-corrected chi connectivity index (χ4v) is 2.15. The Morgan fingerprint density at radius 2 is 1.75 bits per heavy atom. The summed E-state index contributed by atoms with van der Waals surface area (Å²) in [5, 5.41) is 18.3. The highest BCUT2D eigenvalue weighted by Crippen LogP contribution is 2.29. The van der Waals surface area contributed by atoms with Gasteiger partial charge in [-0.3, -0.25) is 9.59 Å². The average molecular weight is 280 g/mol. The topological polar surface area (TPSA) is 83.8 Å². The largest absolute Gasteiger partial charge is 0.508 e. The predicted molar refractivity (Wildman–Crippen MR) is 73.4 cm³/mol. The number of hydrogen-bond acceptors (Lipinski definition) is 4. The number of methoxy groups -OCH3 is 1. The van der Waals surface area contributed by atoms with Crippen LogP contribution in [0.5, 0.6) is 5.75 Å². The van der Waals surface area contributed by atoms with E-state index in [4.69, 9.17) is 9.84 Å². The lowest BCUT2D eigenvalue weighted by Gasteiger charge is -2.22. The van der Waals surface area contributed by atoms with E-state index in [0.717, 1.165) is 5.56 Å². The smallest absolute Gasteiger partial charge is 0.309 e. The summed E-state index contributed by atoms with van der Waals surface area (Å²) < 4.78 is 4.70. The van der Waals surface area contributed by atoms with Gasteiger partial charge in [0.25, 0.3) is 0 Å². The van der Waals surface area contributed by atoms with Gasteiger partial charge in [-0.15, -0.1) is 0 Å². The lowest BCUT2D eigenvalue weighted by Crippen LogP contribution is -2.30. The second-order valence-electron chi connectivity index (χ2n) is 4.98. The van der Waals surface area contributed by atoms with E-state index in [0.29, 0.717) is 6.42 Å². The number of benzene rings is 1.